The Kier molecular flexibility index (Phi) is 3.84. The van der Waals surface area contributed by atoms with Crippen LogP contribution in [-0.4, -0.2) is 46.3 Å². The highest BCUT2D eigenvalue weighted by atomic mass is 16.4. The van der Waals surface area contributed by atoms with Gasteiger partial charge >= 0.3 is 0 Å². The minimum Gasteiger partial charge on any atom is -0.438 e. The molecule has 8 nitrogen and oxygen atoms in total. The summed E-state index contributed by atoms with van der Waals surface area (Å²) < 4.78 is 10.6. The van der Waals surface area contributed by atoms with Crippen LogP contribution in [0, 0.1) is 13.8 Å². The summed E-state index contributed by atoms with van der Waals surface area (Å²) in [5.74, 6) is 0.156. The molecule has 1 saturated heterocycles. The van der Waals surface area contributed by atoms with Gasteiger partial charge in [0.15, 0.2) is 12.8 Å². The highest BCUT2D eigenvalue weighted by Crippen LogP contribution is 2.47. The summed E-state index contributed by atoms with van der Waals surface area (Å²) >= 11 is 0. The Balaban J connectivity index is 1.47. The molecule has 1 unspecified atom stereocenters. The lowest BCUT2D eigenvalue weighted by Gasteiger charge is -2.25. The van der Waals surface area contributed by atoms with E-state index in [1.54, 1.807) is 23.6 Å². The lowest BCUT2D eigenvalue weighted by Crippen LogP contribution is -2.40. The van der Waals surface area contributed by atoms with Crippen molar-refractivity contribution in [3.05, 3.63) is 65.5 Å². The zero-order chi connectivity index (χ0) is 20.2. The number of carbonyl (C=O) groups is 2. The first kappa shape index (κ1) is 17.7. The fourth-order valence-electron chi connectivity index (χ4n) is 4.49. The maximum absolute atomic E-state index is 13.2. The van der Waals surface area contributed by atoms with Crippen LogP contribution in [0.1, 0.15) is 44.5 Å². The molecule has 0 radical (unpaired) electrons. The fraction of sp³-hybridized carbons (Fsp3) is 0.333. The van der Waals surface area contributed by atoms with Gasteiger partial charge in [0, 0.05) is 30.7 Å². The number of amides is 2. The number of fused-ring (bicyclic) bond motifs is 2. The number of aromatic nitrogens is 2. The molecule has 5 rings (SSSR count). The van der Waals surface area contributed by atoms with Gasteiger partial charge in [0.25, 0.3) is 11.8 Å². The highest BCUT2D eigenvalue weighted by molar-refractivity contribution is 6.06. The van der Waals surface area contributed by atoms with Crippen molar-refractivity contribution in [2.45, 2.75) is 25.7 Å². The fourth-order valence-corrected chi connectivity index (χ4v) is 4.49. The molecule has 1 fully saturated rings. The van der Waals surface area contributed by atoms with E-state index in [1.165, 1.54) is 12.8 Å². The molecule has 2 aromatic heterocycles. The molecule has 148 valence electrons. The summed E-state index contributed by atoms with van der Waals surface area (Å²) in [6.07, 6.45) is 3.34. The summed E-state index contributed by atoms with van der Waals surface area (Å²) in [7, 11) is 0. The third-order valence-corrected chi connectivity index (χ3v) is 5.99. The Hall–Kier alpha value is -3.42. The average molecular weight is 392 g/mol. The van der Waals surface area contributed by atoms with Gasteiger partial charge in [-0.2, -0.15) is 0 Å². The molecule has 4 heterocycles. The van der Waals surface area contributed by atoms with Crippen LogP contribution in [0.15, 0.2) is 45.9 Å². The number of rotatable bonds is 2. The van der Waals surface area contributed by atoms with Gasteiger partial charge in [-0.15, -0.1) is 0 Å². The normalized spacial score (nSPS) is 20.5. The summed E-state index contributed by atoms with van der Waals surface area (Å²) in [4.78, 5) is 37.7. The molecule has 0 saturated carbocycles. The topological polar surface area (TPSA) is 92.7 Å². The summed E-state index contributed by atoms with van der Waals surface area (Å²) in [6, 6.07) is 7.88. The van der Waals surface area contributed by atoms with E-state index < -0.39 is 0 Å². The van der Waals surface area contributed by atoms with E-state index in [0.29, 0.717) is 31.0 Å². The highest BCUT2D eigenvalue weighted by Gasteiger charge is 2.50. The lowest BCUT2D eigenvalue weighted by molar-refractivity contribution is 0.0752. The second kappa shape index (κ2) is 6.30. The summed E-state index contributed by atoms with van der Waals surface area (Å²) in [5.41, 5.74) is 2.77. The molecular formula is C21H20N4O4. The van der Waals surface area contributed by atoms with Crippen molar-refractivity contribution in [2.24, 2.45) is 0 Å². The van der Waals surface area contributed by atoms with Gasteiger partial charge in [-0.1, -0.05) is 18.2 Å². The largest absolute Gasteiger partial charge is 0.438 e. The van der Waals surface area contributed by atoms with Gasteiger partial charge in [-0.3, -0.25) is 9.59 Å². The van der Waals surface area contributed by atoms with Gasteiger partial charge in [0.05, 0.1) is 11.4 Å². The van der Waals surface area contributed by atoms with Crippen LogP contribution in [-0.2, 0) is 5.41 Å². The predicted molar refractivity (Wildman–Crippen MR) is 103 cm³/mol. The number of hydrogen-bond donors (Lipinski definition) is 0. The third kappa shape index (κ3) is 2.59. The van der Waals surface area contributed by atoms with Gasteiger partial charge in [-0.05, 0) is 31.9 Å². The second-order valence-corrected chi connectivity index (χ2v) is 7.70. The Morgan fingerprint density at radius 2 is 1.62 bits per heavy atom. The van der Waals surface area contributed by atoms with Crippen molar-refractivity contribution in [1.82, 2.24) is 14.9 Å². The van der Waals surface area contributed by atoms with Crippen molar-refractivity contribution in [1.29, 1.82) is 0 Å². The van der Waals surface area contributed by atoms with Crippen LogP contribution in [0.4, 0.5) is 5.69 Å². The number of likely N-dealkylation sites (tertiary alicyclic amines) is 1. The number of nitrogens with zero attached hydrogens (tertiary/aromatic N) is 4. The van der Waals surface area contributed by atoms with Gasteiger partial charge < -0.3 is 18.6 Å². The van der Waals surface area contributed by atoms with Crippen LogP contribution in [0.3, 0.4) is 0 Å². The molecule has 1 aromatic carbocycles. The Bertz CT molecular complexity index is 1120. The maximum atomic E-state index is 13.2. The van der Waals surface area contributed by atoms with E-state index in [0.717, 1.165) is 17.7 Å². The molecule has 3 aromatic rings. The van der Waals surface area contributed by atoms with Crippen LogP contribution in [0.25, 0.3) is 0 Å². The average Bonchev–Trinajstić information content (AvgIpc) is 3.50. The van der Waals surface area contributed by atoms with Gasteiger partial charge in [0.1, 0.15) is 0 Å². The Labute approximate surface area is 167 Å². The van der Waals surface area contributed by atoms with E-state index in [1.807, 2.05) is 24.3 Å². The first-order valence-corrected chi connectivity index (χ1v) is 9.51. The van der Waals surface area contributed by atoms with Crippen molar-refractivity contribution in [3.63, 3.8) is 0 Å². The molecule has 0 N–H and O–H groups in total. The van der Waals surface area contributed by atoms with E-state index in [2.05, 4.69) is 9.97 Å². The van der Waals surface area contributed by atoms with Crippen LogP contribution >= 0.6 is 0 Å². The monoisotopic (exact) mass is 392 g/mol. The van der Waals surface area contributed by atoms with Crippen LogP contribution in [0.2, 0.25) is 0 Å². The zero-order valence-corrected chi connectivity index (χ0v) is 16.2. The smallest absolute Gasteiger partial charge is 0.296 e. The second-order valence-electron chi connectivity index (χ2n) is 7.70. The summed E-state index contributed by atoms with van der Waals surface area (Å²) in [6.45, 7) is 5.11. The molecule has 2 aliphatic heterocycles. The lowest BCUT2D eigenvalue weighted by atomic mass is 9.81. The first-order chi connectivity index (χ1) is 14.0. The van der Waals surface area contributed by atoms with Crippen molar-refractivity contribution < 1.29 is 18.4 Å². The van der Waals surface area contributed by atoms with E-state index in [-0.39, 0.29) is 28.7 Å². The number of benzene rings is 1. The first-order valence-electron chi connectivity index (χ1n) is 9.51. The van der Waals surface area contributed by atoms with Gasteiger partial charge in [-0.25, -0.2) is 9.97 Å². The standard InChI is InChI=1S/C21H20N4O4/c1-13-17(28-11-22-13)19(26)24-8-7-21(9-24)10-25(16-6-4-3-5-15(16)21)20(27)18-14(2)23-12-29-18/h3-6,11-12H,7-10H2,1-2H3. The number of aryl methyl sites for hydroxylation is 2. The number of anilines is 1. The van der Waals surface area contributed by atoms with Crippen molar-refractivity contribution in [3.8, 4) is 0 Å². The molecule has 29 heavy (non-hydrogen) atoms. The SMILES string of the molecule is Cc1ncoc1C(=O)N1CCC2(C1)CN(C(=O)c1ocnc1C)c1ccccc12. The Morgan fingerprint density at radius 3 is 2.28 bits per heavy atom. The minimum atomic E-state index is -0.316. The molecule has 8 heteroatoms. The molecule has 1 spiro atoms. The molecular weight excluding hydrogens is 372 g/mol. The van der Waals surface area contributed by atoms with E-state index in [4.69, 9.17) is 8.83 Å². The van der Waals surface area contributed by atoms with E-state index >= 15 is 0 Å². The van der Waals surface area contributed by atoms with Crippen molar-refractivity contribution >= 4 is 17.5 Å². The van der Waals surface area contributed by atoms with Crippen LogP contribution < -0.4 is 4.90 Å². The van der Waals surface area contributed by atoms with Gasteiger partial charge in [0.2, 0.25) is 11.5 Å². The molecule has 0 bridgehead atoms. The zero-order valence-electron chi connectivity index (χ0n) is 16.2. The third-order valence-electron chi connectivity index (χ3n) is 5.99. The number of oxazole rings is 2. The number of carbonyl (C=O) groups excluding carboxylic acids is 2. The van der Waals surface area contributed by atoms with Crippen molar-refractivity contribution in [2.75, 3.05) is 24.5 Å². The minimum absolute atomic E-state index is 0.162. The van der Waals surface area contributed by atoms with Crippen LogP contribution in [0.5, 0.6) is 0 Å². The predicted octanol–water partition coefficient (Wildman–Crippen LogP) is 2.72. The number of para-hydroxylation sites is 1. The maximum Gasteiger partial charge on any atom is 0.296 e. The summed E-state index contributed by atoms with van der Waals surface area (Å²) in [5, 5.41) is 0. The molecule has 0 aliphatic carbocycles. The number of hydrogen-bond acceptors (Lipinski definition) is 6. The quantitative estimate of drug-likeness (QED) is 0.666. The molecule has 1 atom stereocenters. The molecule has 2 amide bonds. The Morgan fingerprint density at radius 1 is 0.966 bits per heavy atom. The van der Waals surface area contributed by atoms with E-state index in [9.17, 15) is 9.59 Å². The molecule has 2 aliphatic rings.